The van der Waals surface area contributed by atoms with Gasteiger partial charge in [-0.25, -0.2) is 18.8 Å². The van der Waals surface area contributed by atoms with Crippen LogP contribution in [-0.4, -0.2) is 25.6 Å². The predicted octanol–water partition coefficient (Wildman–Crippen LogP) is 3.35. The van der Waals surface area contributed by atoms with Crippen LogP contribution in [0.15, 0.2) is 21.5 Å². The summed E-state index contributed by atoms with van der Waals surface area (Å²) in [4.78, 5) is 13.0. The summed E-state index contributed by atoms with van der Waals surface area (Å²) in [6.45, 7) is 4.52. The van der Waals surface area contributed by atoms with Crippen molar-refractivity contribution in [2.24, 2.45) is 9.50 Å². The van der Waals surface area contributed by atoms with Crippen LogP contribution in [0.4, 0.5) is 10.5 Å². The Hall–Kier alpha value is -2.39. The molecule has 9 heteroatoms. The number of carbonyl (C=O) groups is 1. The standard InChI is InChI=1S/C21H27N5O3S/c1-3-21(2)12-26-19(29-21)17(11-23-26)30(22,28)25-20(27)24-18-15-8-4-6-13(15)10-14-7-5-9-16(14)18/h10-11H,3-9,12H2,1-2H3,(H3,22,24,25,27,28). The zero-order valence-corrected chi connectivity index (χ0v) is 18.2. The molecule has 3 aliphatic rings. The van der Waals surface area contributed by atoms with Gasteiger partial charge < -0.3 is 10.1 Å². The molecule has 2 aromatic rings. The van der Waals surface area contributed by atoms with Gasteiger partial charge in [0, 0.05) is 5.69 Å². The van der Waals surface area contributed by atoms with Gasteiger partial charge in [-0.05, 0) is 74.1 Å². The van der Waals surface area contributed by atoms with Gasteiger partial charge in [0.15, 0.2) is 9.92 Å². The minimum Gasteiger partial charge on any atom is -0.469 e. The normalized spacial score (nSPS) is 23.3. The number of hydrogen-bond acceptors (Lipinski definition) is 4. The lowest BCUT2D eigenvalue weighted by Gasteiger charge is -2.20. The highest BCUT2D eigenvalue weighted by Crippen LogP contribution is 2.39. The van der Waals surface area contributed by atoms with E-state index in [9.17, 15) is 9.00 Å². The molecule has 160 valence electrons. The summed E-state index contributed by atoms with van der Waals surface area (Å²) in [7, 11) is -3.49. The number of fused-ring (bicyclic) bond motifs is 3. The van der Waals surface area contributed by atoms with Crippen LogP contribution in [0.1, 0.15) is 55.4 Å². The van der Waals surface area contributed by atoms with Crippen molar-refractivity contribution in [3.05, 3.63) is 34.5 Å². The molecule has 8 nitrogen and oxygen atoms in total. The van der Waals surface area contributed by atoms with Gasteiger partial charge in [-0.2, -0.15) is 5.10 Å². The van der Waals surface area contributed by atoms with E-state index in [1.54, 1.807) is 4.68 Å². The van der Waals surface area contributed by atoms with Crippen molar-refractivity contribution >= 4 is 21.6 Å². The van der Waals surface area contributed by atoms with E-state index in [2.05, 4.69) is 20.8 Å². The van der Waals surface area contributed by atoms with Crippen LogP contribution in [0, 0.1) is 0 Å². The average molecular weight is 430 g/mol. The van der Waals surface area contributed by atoms with Crippen molar-refractivity contribution in [3.8, 4) is 5.88 Å². The highest BCUT2D eigenvalue weighted by Gasteiger charge is 2.38. The number of nitrogens with one attached hydrogen (secondary N) is 1. The molecular formula is C21H27N5O3S. The zero-order chi connectivity index (χ0) is 21.1. The van der Waals surface area contributed by atoms with E-state index in [4.69, 9.17) is 9.88 Å². The molecule has 2 unspecified atom stereocenters. The SMILES string of the molecule is CCC1(C)Cn2ncc(S(N)(=O)=NC(=O)Nc3c4c(cc5c3CCC5)CCC4)c2O1. The maximum Gasteiger partial charge on any atom is 0.354 e. The molecule has 5 rings (SSSR count). The second kappa shape index (κ2) is 6.81. The van der Waals surface area contributed by atoms with Crippen LogP contribution in [0.3, 0.4) is 0 Å². The lowest BCUT2D eigenvalue weighted by molar-refractivity contribution is 0.105. The number of hydrogen-bond donors (Lipinski definition) is 2. The van der Waals surface area contributed by atoms with Gasteiger partial charge in [0.1, 0.15) is 10.5 Å². The molecule has 2 heterocycles. The first kappa shape index (κ1) is 19.6. The Bertz CT molecular complexity index is 1150. The van der Waals surface area contributed by atoms with Crippen molar-refractivity contribution in [2.75, 3.05) is 5.32 Å². The Balaban J connectivity index is 1.47. The second-order valence-electron chi connectivity index (χ2n) is 8.70. The number of carbonyl (C=O) groups excluding carboxylic acids is 1. The first-order valence-corrected chi connectivity index (χ1v) is 12.1. The molecule has 0 saturated heterocycles. The Morgan fingerprint density at radius 1 is 1.30 bits per heavy atom. The summed E-state index contributed by atoms with van der Waals surface area (Å²) < 4.78 is 24.7. The van der Waals surface area contributed by atoms with Crippen molar-refractivity contribution in [1.82, 2.24) is 9.78 Å². The fraction of sp³-hybridized carbons (Fsp3) is 0.524. The third-order valence-corrected chi connectivity index (χ3v) is 7.92. The summed E-state index contributed by atoms with van der Waals surface area (Å²) in [6, 6.07) is 1.61. The van der Waals surface area contributed by atoms with E-state index < -0.39 is 21.5 Å². The number of aryl methyl sites for hydroxylation is 2. The highest BCUT2D eigenvalue weighted by molar-refractivity contribution is 7.91. The number of aromatic nitrogens is 2. The van der Waals surface area contributed by atoms with E-state index in [1.165, 1.54) is 28.5 Å². The van der Waals surface area contributed by atoms with Crippen LogP contribution < -0.4 is 15.2 Å². The summed E-state index contributed by atoms with van der Waals surface area (Å²) in [6.07, 6.45) is 8.28. The van der Waals surface area contributed by atoms with Crippen molar-refractivity contribution in [3.63, 3.8) is 0 Å². The lowest BCUT2D eigenvalue weighted by atomic mass is 9.99. The molecule has 0 radical (unpaired) electrons. The second-order valence-corrected chi connectivity index (χ2v) is 10.5. The smallest absolute Gasteiger partial charge is 0.354 e. The first-order valence-electron chi connectivity index (χ1n) is 10.6. The molecule has 2 aliphatic carbocycles. The lowest BCUT2D eigenvalue weighted by Crippen LogP contribution is -2.30. The highest BCUT2D eigenvalue weighted by atomic mass is 32.2. The number of anilines is 1. The van der Waals surface area contributed by atoms with Gasteiger partial charge in [0.25, 0.3) is 0 Å². The molecule has 0 saturated carbocycles. The summed E-state index contributed by atoms with van der Waals surface area (Å²) in [5, 5.41) is 13.2. The van der Waals surface area contributed by atoms with E-state index in [-0.39, 0.29) is 4.90 Å². The number of urea groups is 1. The van der Waals surface area contributed by atoms with Crippen molar-refractivity contribution < 1.29 is 13.7 Å². The molecule has 2 amide bonds. The fourth-order valence-electron chi connectivity index (χ4n) is 4.81. The van der Waals surface area contributed by atoms with Crippen molar-refractivity contribution in [2.45, 2.75) is 75.8 Å². The van der Waals surface area contributed by atoms with Crippen LogP contribution in [0.2, 0.25) is 0 Å². The maximum atomic E-state index is 13.2. The Morgan fingerprint density at radius 2 is 1.97 bits per heavy atom. The fourth-order valence-corrected chi connectivity index (χ4v) is 5.79. The molecule has 2 atom stereocenters. The summed E-state index contributed by atoms with van der Waals surface area (Å²) in [5.41, 5.74) is 5.42. The van der Waals surface area contributed by atoms with E-state index in [0.29, 0.717) is 12.4 Å². The molecule has 1 aromatic heterocycles. The Kier molecular flexibility index (Phi) is 4.44. The molecule has 0 spiro atoms. The monoisotopic (exact) mass is 429 g/mol. The van der Waals surface area contributed by atoms with Crippen LogP contribution in [0.25, 0.3) is 0 Å². The van der Waals surface area contributed by atoms with Gasteiger partial charge in [-0.15, -0.1) is 4.36 Å². The summed E-state index contributed by atoms with van der Waals surface area (Å²) in [5.74, 6) is 0.338. The van der Waals surface area contributed by atoms with Gasteiger partial charge in [0.2, 0.25) is 5.88 Å². The molecule has 1 aliphatic heterocycles. The molecular weight excluding hydrogens is 402 g/mol. The third kappa shape index (κ3) is 3.11. The van der Waals surface area contributed by atoms with Crippen molar-refractivity contribution in [1.29, 1.82) is 0 Å². The Morgan fingerprint density at radius 3 is 2.60 bits per heavy atom. The van der Waals surface area contributed by atoms with Crippen LogP contribution in [-0.2, 0) is 42.1 Å². The largest absolute Gasteiger partial charge is 0.469 e. The van der Waals surface area contributed by atoms with E-state index in [0.717, 1.165) is 50.6 Å². The third-order valence-electron chi connectivity index (χ3n) is 6.57. The van der Waals surface area contributed by atoms with Crippen LogP contribution >= 0.6 is 0 Å². The molecule has 1 aromatic carbocycles. The number of benzene rings is 1. The predicted molar refractivity (Wildman–Crippen MR) is 114 cm³/mol. The molecule has 0 fully saturated rings. The maximum absolute atomic E-state index is 13.2. The quantitative estimate of drug-likeness (QED) is 0.779. The number of rotatable bonds is 3. The van der Waals surface area contributed by atoms with Gasteiger partial charge in [-0.1, -0.05) is 13.0 Å². The molecule has 3 N–H and O–H groups in total. The number of ether oxygens (including phenoxy) is 1. The number of nitrogens with two attached hydrogens (primary N) is 1. The Labute approximate surface area is 176 Å². The minimum absolute atomic E-state index is 0.165. The average Bonchev–Trinajstić information content (AvgIpc) is 3.43. The summed E-state index contributed by atoms with van der Waals surface area (Å²) >= 11 is 0. The van der Waals surface area contributed by atoms with Crippen LogP contribution in [0.5, 0.6) is 5.88 Å². The van der Waals surface area contributed by atoms with Gasteiger partial charge >= 0.3 is 6.03 Å². The number of nitrogens with zero attached hydrogens (tertiary/aromatic N) is 3. The topological polar surface area (TPSA) is 112 Å². The number of amides is 2. The van der Waals surface area contributed by atoms with Gasteiger partial charge in [-0.3, -0.25) is 0 Å². The van der Waals surface area contributed by atoms with Gasteiger partial charge in [0.05, 0.1) is 12.7 Å². The minimum atomic E-state index is -3.49. The zero-order valence-electron chi connectivity index (χ0n) is 17.4. The molecule has 0 bridgehead atoms. The van der Waals surface area contributed by atoms with E-state index >= 15 is 0 Å². The molecule has 30 heavy (non-hydrogen) atoms. The first-order chi connectivity index (χ1) is 14.3. The van der Waals surface area contributed by atoms with E-state index in [1.807, 2.05) is 13.8 Å².